The molecule has 1 fully saturated rings. The second kappa shape index (κ2) is 12.8. The van der Waals surface area contributed by atoms with E-state index in [0.717, 1.165) is 22.3 Å². The number of aryl methyl sites for hydroxylation is 1. The van der Waals surface area contributed by atoms with E-state index < -0.39 is 12.4 Å². The van der Waals surface area contributed by atoms with Crippen molar-refractivity contribution in [3.8, 4) is 0 Å². The molecule has 2 heterocycles. The molecule has 196 valence electrons. The van der Waals surface area contributed by atoms with E-state index in [4.69, 9.17) is 14.2 Å². The van der Waals surface area contributed by atoms with E-state index in [9.17, 15) is 9.90 Å². The Balaban J connectivity index is 1.49. The fourth-order valence-corrected chi connectivity index (χ4v) is 4.98. The number of nitrogens with zero attached hydrogens (tertiary/aromatic N) is 4. The first kappa shape index (κ1) is 26.8. The maximum Gasteiger partial charge on any atom is 0.407 e. The monoisotopic (exact) mass is 525 g/mol. The number of tetrazole rings is 1. The Hall–Kier alpha value is -3.25. The van der Waals surface area contributed by atoms with Crippen LogP contribution >= 0.6 is 11.8 Å². The normalized spacial score (nSPS) is 21.4. The Bertz CT molecular complexity index is 1170. The van der Waals surface area contributed by atoms with Crippen LogP contribution in [-0.4, -0.2) is 49.9 Å². The Morgan fingerprint density at radius 1 is 1.16 bits per heavy atom. The zero-order valence-electron chi connectivity index (χ0n) is 20.8. The van der Waals surface area contributed by atoms with Gasteiger partial charge in [-0.15, -0.1) is 5.10 Å². The van der Waals surface area contributed by atoms with E-state index in [1.807, 2.05) is 48.5 Å². The number of aliphatic hydroxyl groups excluding tert-OH is 1. The molecule has 3 aromatic rings. The molecule has 2 N–H and O–H groups in total. The second-order valence-corrected chi connectivity index (χ2v) is 9.69. The Labute approximate surface area is 220 Å². The lowest BCUT2D eigenvalue weighted by atomic mass is 9.91. The largest absolute Gasteiger partial charge is 0.445 e. The molecule has 0 aliphatic carbocycles. The summed E-state index contributed by atoms with van der Waals surface area (Å²) in [4.78, 5) is 11.7. The van der Waals surface area contributed by atoms with Gasteiger partial charge < -0.3 is 24.6 Å². The van der Waals surface area contributed by atoms with E-state index in [0.29, 0.717) is 17.5 Å². The lowest BCUT2D eigenvalue weighted by Crippen LogP contribution is -2.38. The first-order valence-corrected chi connectivity index (χ1v) is 12.9. The van der Waals surface area contributed by atoms with Crippen molar-refractivity contribution < 1.29 is 24.1 Å². The van der Waals surface area contributed by atoms with Crippen LogP contribution in [0.5, 0.6) is 0 Å². The minimum absolute atomic E-state index is 0.00865. The molecular weight excluding hydrogens is 494 g/mol. The second-order valence-electron chi connectivity index (χ2n) is 8.70. The van der Waals surface area contributed by atoms with Crippen molar-refractivity contribution in [2.75, 3.05) is 12.4 Å². The SMILES string of the molecule is C=CCOC(=O)NCc1ccc([C@H]2O[C@@H](CSc3nnnn3C)[C@@H](C)[C@@H](c3ccc(CO)cc3)O2)cc1. The van der Waals surface area contributed by atoms with Gasteiger partial charge in [-0.3, -0.25) is 0 Å². The lowest BCUT2D eigenvalue weighted by Gasteiger charge is -2.41. The molecule has 2 aromatic carbocycles. The first-order chi connectivity index (χ1) is 18.0. The molecular formula is C26H31N5O5S. The van der Waals surface area contributed by atoms with Gasteiger partial charge in [0.2, 0.25) is 5.16 Å². The van der Waals surface area contributed by atoms with Crippen LogP contribution < -0.4 is 5.32 Å². The van der Waals surface area contributed by atoms with Crippen LogP contribution in [0.1, 0.15) is 41.6 Å². The predicted octanol–water partition coefficient (Wildman–Crippen LogP) is 3.70. The molecule has 1 aliphatic heterocycles. The van der Waals surface area contributed by atoms with Crippen molar-refractivity contribution in [3.05, 3.63) is 83.4 Å². The molecule has 1 saturated heterocycles. The molecule has 0 bridgehead atoms. The van der Waals surface area contributed by atoms with Gasteiger partial charge in [0.25, 0.3) is 0 Å². The number of thioether (sulfide) groups is 1. The highest BCUT2D eigenvalue weighted by molar-refractivity contribution is 7.99. The van der Waals surface area contributed by atoms with E-state index in [-0.39, 0.29) is 31.3 Å². The maximum absolute atomic E-state index is 11.7. The zero-order chi connectivity index (χ0) is 26.2. The van der Waals surface area contributed by atoms with Gasteiger partial charge in [0.1, 0.15) is 6.61 Å². The summed E-state index contributed by atoms with van der Waals surface area (Å²) in [7, 11) is 1.81. The number of hydrogen-bond acceptors (Lipinski definition) is 9. The van der Waals surface area contributed by atoms with Crippen molar-refractivity contribution in [2.45, 2.75) is 43.7 Å². The number of carbonyl (C=O) groups is 1. The van der Waals surface area contributed by atoms with Crippen LogP contribution in [0.4, 0.5) is 4.79 Å². The third kappa shape index (κ3) is 6.95. The van der Waals surface area contributed by atoms with Crippen molar-refractivity contribution in [1.82, 2.24) is 25.5 Å². The topological polar surface area (TPSA) is 121 Å². The molecule has 0 spiro atoms. The Morgan fingerprint density at radius 2 is 1.86 bits per heavy atom. The molecule has 0 unspecified atom stereocenters. The molecule has 1 amide bonds. The van der Waals surface area contributed by atoms with Gasteiger partial charge in [-0.1, -0.05) is 79.9 Å². The van der Waals surface area contributed by atoms with Crippen LogP contribution in [0.3, 0.4) is 0 Å². The number of ether oxygens (including phenoxy) is 3. The standard InChI is InChI=1S/C26H31N5O5S/c1-4-13-34-26(33)27-14-18-5-11-21(12-6-18)24-35-22(16-37-25-28-29-30-31(25)3)17(2)23(36-24)20-9-7-19(15-32)8-10-20/h4-12,17,22-24,32H,1,13-16H2,2-3H3,(H,27,33)/t17-,22+,23+,24+/m1/s1. The van der Waals surface area contributed by atoms with Gasteiger partial charge >= 0.3 is 6.09 Å². The van der Waals surface area contributed by atoms with Crippen LogP contribution in [0.15, 0.2) is 66.3 Å². The molecule has 4 rings (SSSR count). The number of alkyl carbamates (subject to hydrolysis) is 1. The summed E-state index contributed by atoms with van der Waals surface area (Å²) in [5, 5.41) is 24.5. The van der Waals surface area contributed by atoms with E-state index in [2.05, 4.69) is 34.3 Å². The van der Waals surface area contributed by atoms with Gasteiger partial charge in [0, 0.05) is 30.8 Å². The summed E-state index contributed by atoms with van der Waals surface area (Å²) >= 11 is 1.54. The van der Waals surface area contributed by atoms with Crippen LogP contribution in [0, 0.1) is 5.92 Å². The van der Waals surface area contributed by atoms with E-state index >= 15 is 0 Å². The molecule has 37 heavy (non-hydrogen) atoms. The number of aromatic nitrogens is 4. The smallest absolute Gasteiger partial charge is 0.407 e. The number of benzene rings is 2. The number of aliphatic hydroxyl groups is 1. The minimum Gasteiger partial charge on any atom is -0.445 e. The van der Waals surface area contributed by atoms with Gasteiger partial charge in [0.05, 0.1) is 18.8 Å². The molecule has 0 radical (unpaired) electrons. The third-order valence-corrected chi connectivity index (χ3v) is 7.20. The molecule has 0 saturated carbocycles. The molecule has 1 aromatic heterocycles. The predicted molar refractivity (Wildman–Crippen MR) is 137 cm³/mol. The number of rotatable bonds is 10. The number of carbonyl (C=O) groups excluding carboxylic acids is 1. The van der Waals surface area contributed by atoms with Crippen molar-refractivity contribution >= 4 is 17.9 Å². The maximum atomic E-state index is 11.7. The van der Waals surface area contributed by atoms with Crippen molar-refractivity contribution in [2.24, 2.45) is 13.0 Å². The average molecular weight is 526 g/mol. The number of hydrogen-bond donors (Lipinski definition) is 2. The minimum atomic E-state index is -0.582. The highest BCUT2D eigenvalue weighted by Gasteiger charge is 2.38. The molecule has 11 heteroatoms. The van der Waals surface area contributed by atoms with Gasteiger partial charge in [-0.2, -0.15) is 0 Å². The van der Waals surface area contributed by atoms with Crippen LogP contribution in [-0.2, 0) is 34.4 Å². The summed E-state index contributed by atoms with van der Waals surface area (Å²) < 4.78 is 19.5. The summed E-state index contributed by atoms with van der Waals surface area (Å²) in [6.07, 6.45) is 0.0930. The number of amides is 1. The summed E-state index contributed by atoms with van der Waals surface area (Å²) in [6.45, 7) is 6.13. The average Bonchev–Trinajstić information content (AvgIpc) is 3.35. The highest BCUT2D eigenvalue weighted by Crippen LogP contribution is 2.42. The van der Waals surface area contributed by atoms with Gasteiger partial charge in [-0.25, -0.2) is 9.48 Å². The highest BCUT2D eigenvalue weighted by atomic mass is 32.2. The fraction of sp³-hybridized carbons (Fsp3) is 0.385. The first-order valence-electron chi connectivity index (χ1n) is 11.9. The van der Waals surface area contributed by atoms with Crippen molar-refractivity contribution in [3.63, 3.8) is 0 Å². The molecule has 10 nitrogen and oxygen atoms in total. The third-order valence-electron chi connectivity index (χ3n) is 6.10. The molecule has 4 atom stereocenters. The molecule has 1 aliphatic rings. The van der Waals surface area contributed by atoms with Crippen molar-refractivity contribution in [1.29, 1.82) is 0 Å². The van der Waals surface area contributed by atoms with Gasteiger partial charge in [0.15, 0.2) is 6.29 Å². The quantitative estimate of drug-likeness (QED) is 0.301. The van der Waals surface area contributed by atoms with Crippen LogP contribution in [0.2, 0.25) is 0 Å². The summed E-state index contributed by atoms with van der Waals surface area (Å²) in [5.41, 5.74) is 3.66. The lowest BCUT2D eigenvalue weighted by molar-refractivity contribution is -0.268. The summed E-state index contributed by atoms with van der Waals surface area (Å²) in [6, 6.07) is 15.5. The zero-order valence-corrected chi connectivity index (χ0v) is 21.6. The Kier molecular flexibility index (Phi) is 9.29. The van der Waals surface area contributed by atoms with Crippen LogP contribution in [0.25, 0.3) is 0 Å². The fourth-order valence-electron chi connectivity index (χ4n) is 3.96. The number of nitrogens with one attached hydrogen (secondary N) is 1. The van der Waals surface area contributed by atoms with Gasteiger partial charge in [-0.05, 0) is 27.1 Å². The Morgan fingerprint density at radius 3 is 2.51 bits per heavy atom. The summed E-state index contributed by atoms with van der Waals surface area (Å²) in [5.74, 6) is 0.699. The van der Waals surface area contributed by atoms with E-state index in [1.54, 1.807) is 11.7 Å². The van der Waals surface area contributed by atoms with E-state index in [1.165, 1.54) is 17.8 Å².